The number of fused-ring (bicyclic) bond motifs is 2. The quantitative estimate of drug-likeness (QED) is 0.756. The predicted octanol–water partition coefficient (Wildman–Crippen LogP) is 1.37. The standard InChI is InChI=1S/C12H17N3OS/c1-7-11(8(2)14(3)13-7)12(16)15-5-10-4-9(15)6-17-10/h9-10H,4-6H2,1-3H3. The molecule has 2 atom stereocenters. The van der Waals surface area contributed by atoms with Crippen LogP contribution in [0.2, 0.25) is 0 Å². The van der Waals surface area contributed by atoms with Gasteiger partial charge < -0.3 is 4.90 Å². The van der Waals surface area contributed by atoms with Gasteiger partial charge in [0.25, 0.3) is 5.91 Å². The van der Waals surface area contributed by atoms with Crippen molar-refractivity contribution in [1.82, 2.24) is 14.7 Å². The maximum atomic E-state index is 12.6. The Morgan fingerprint density at radius 2 is 2.24 bits per heavy atom. The normalized spacial score (nSPS) is 26.9. The zero-order valence-electron chi connectivity index (χ0n) is 10.4. The van der Waals surface area contributed by atoms with E-state index in [1.165, 1.54) is 6.42 Å². The van der Waals surface area contributed by atoms with Crippen LogP contribution in [-0.2, 0) is 7.05 Å². The summed E-state index contributed by atoms with van der Waals surface area (Å²) in [6.45, 7) is 4.81. The van der Waals surface area contributed by atoms with E-state index in [2.05, 4.69) is 10.00 Å². The van der Waals surface area contributed by atoms with Gasteiger partial charge in [0.05, 0.1) is 11.3 Å². The van der Waals surface area contributed by atoms with Crippen LogP contribution in [0.1, 0.15) is 28.2 Å². The molecule has 2 fully saturated rings. The van der Waals surface area contributed by atoms with Gasteiger partial charge in [-0.1, -0.05) is 0 Å². The van der Waals surface area contributed by atoms with Crippen molar-refractivity contribution in [3.63, 3.8) is 0 Å². The van der Waals surface area contributed by atoms with Gasteiger partial charge in [0.1, 0.15) is 0 Å². The highest BCUT2D eigenvalue weighted by Gasteiger charge is 2.42. The van der Waals surface area contributed by atoms with Gasteiger partial charge in [0, 0.05) is 36.3 Å². The summed E-state index contributed by atoms with van der Waals surface area (Å²) in [4.78, 5) is 14.6. The van der Waals surface area contributed by atoms with E-state index in [4.69, 9.17) is 0 Å². The minimum Gasteiger partial charge on any atom is -0.334 e. The van der Waals surface area contributed by atoms with Crippen LogP contribution in [0.3, 0.4) is 0 Å². The van der Waals surface area contributed by atoms with Crippen molar-refractivity contribution >= 4 is 17.7 Å². The first kappa shape index (κ1) is 11.1. The van der Waals surface area contributed by atoms with Gasteiger partial charge in [0.2, 0.25) is 0 Å². The molecular weight excluding hydrogens is 234 g/mol. The number of hydrogen-bond acceptors (Lipinski definition) is 3. The molecule has 0 saturated carbocycles. The molecule has 1 amide bonds. The van der Waals surface area contributed by atoms with Crippen molar-refractivity contribution in [1.29, 1.82) is 0 Å². The van der Waals surface area contributed by atoms with Crippen LogP contribution in [0.25, 0.3) is 0 Å². The summed E-state index contributed by atoms with van der Waals surface area (Å²) in [5.74, 6) is 1.29. The van der Waals surface area contributed by atoms with Crippen LogP contribution in [-0.4, -0.2) is 44.2 Å². The SMILES string of the molecule is Cc1nn(C)c(C)c1C(=O)N1CC2CC1CS2. The summed E-state index contributed by atoms with van der Waals surface area (Å²) in [5.41, 5.74) is 2.64. The minimum atomic E-state index is 0.181. The number of carbonyl (C=O) groups is 1. The number of likely N-dealkylation sites (tertiary alicyclic amines) is 1. The lowest BCUT2D eigenvalue weighted by molar-refractivity contribution is 0.0746. The van der Waals surface area contributed by atoms with Crippen molar-refractivity contribution < 1.29 is 4.79 Å². The molecule has 0 spiro atoms. The third-order valence-electron chi connectivity index (χ3n) is 3.88. The van der Waals surface area contributed by atoms with Gasteiger partial charge >= 0.3 is 0 Å². The third kappa shape index (κ3) is 1.59. The Morgan fingerprint density at radius 3 is 2.71 bits per heavy atom. The van der Waals surface area contributed by atoms with Gasteiger partial charge in [0.15, 0.2) is 0 Å². The molecule has 2 bridgehead atoms. The third-order valence-corrected chi connectivity index (χ3v) is 5.27. The molecule has 0 aromatic carbocycles. The lowest BCUT2D eigenvalue weighted by Crippen LogP contribution is -2.39. The van der Waals surface area contributed by atoms with Crippen LogP contribution in [0.4, 0.5) is 0 Å². The molecule has 2 unspecified atom stereocenters. The topological polar surface area (TPSA) is 38.1 Å². The fourth-order valence-electron chi connectivity index (χ4n) is 2.88. The van der Waals surface area contributed by atoms with Gasteiger partial charge in [-0.15, -0.1) is 0 Å². The van der Waals surface area contributed by atoms with E-state index in [0.29, 0.717) is 11.3 Å². The summed E-state index contributed by atoms with van der Waals surface area (Å²) in [5, 5.41) is 5.00. The Bertz CT molecular complexity index is 482. The second kappa shape index (κ2) is 3.77. The Balaban J connectivity index is 1.92. The maximum absolute atomic E-state index is 12.6. The van der Waals surface area contributed by atoms with Gasteiger partial charge in [-0.05, 0) is 20.3 Å². The largest absolute Gasteiger partial charge is 0.334 e. The first-order valence-electron chi connectivity index (χ1n) is 6.00. The number of amides is 1. The van der Waals surface area contributed by atoms with Crippen molar-refractivity contribution in [2.45, 2.75) is 31.6 Å². The van der Waals surface area contributed by atoms with Crippen molar-refractivity contribution in [2.75, 3.05) is 12.3 Å². The van der Waals surface area contributed by atoms with Crippen LogP contribution < -0.4 is 0 Å². The molecule has 1 aromatic rings. The first-order valence-corrected chi connectivity index (χ1v) is 7.05. The van der Waals surface area contributed by atoms with E-state index in [0.717, 1.165) is 29.2 Å². The van der Waals surface area contributed by atoms with Crippen LogP contribution in [0, 0.1) is 13.8 Å². The summed E-state index contributed by atoms with van der Waals surface area (Å²) in [6, 6.07) is 0.455. The van der Waals surface area contributed by atoms with Crippen molar-refractivity contribution in [3.05, 3.63) is 17.0 Å². The smallest absolute Gasteiger partial charge is 0.257 e. The lowest BCUT2D eigenvalue weighted by Gasteiger charge is -2.26. The molecule has 4 nitrogen and oxygen atoms in total. The summed E-state index contributed by atoms with van der Waals surface area (Å²) in [6.07, 6.45) is 1.18. The van der Waals surface area contributed by atoms with E-state index in [1.54, 1.807) is 4.68 Å². The molecule has 3 rings (SSSR count). The number of nitrogens with zero attached hydrogens (tertiary/aromatic N) is 3. The Kier molecular flexibility index (Phi) is 2.47. The highest BCUT2D eigenvalue weighted by molar-refractivity contribution is 8.00. The van der Waals surface area contributed by atoms with Gasteiger partial charge in [-0.25, -0.2) is 0 Å². The number of thioether (sulfide) groups is 1. The molecule has 0 N–H and O–H groups in total. The Labute approximate surface area is 105 Å². The Morgan fingerprint density at radius 1 is 1.47 bits per heavy atom. The van der Waals surface area contributed by atoms with Crippen LogP contribution >= 0.6 is 11.8 Å². The van der Waals surface area contributed by atoms with Gasteiger partial charge in [-0.3, -0.25) is 9.48 Å². The highest BCUT2D eigenvalue weighted by Crippen LogP contribution is 2.38. The molecule has 2 aliphatic rings. The van der Waals surface area contributed by atoms with E-state index in [1.807, 2.05) is 32.7 Å². The number of carbonyl (C=O) groups excluding carboxylic acids is 1. The van der Waals surface area contributed by atoms with E-state index >= 15 is 0 Å². The first-order chi connectivity index (χ1) is 8.08. The summed E-state index contributed by atoms with van der Waals surface area (Å²) in [7, 11) is 1.89. The maximum Gasteiger partial charge on any atom is 0.257 e. The second-order valence-electron chi connectivity index (χ2n) is 4.97. The molecule has 2 saturated heterocycles. The molecule has 92 valence electrons. The average Bonchev–Trinajstić information content (AvgIpc) is 2.94. The Hall–Kier alpha value is -0.970. The summed E-state index contributed by atoms with van der Waals surface area (Å²) >= 11 is 2.01. The van der Waals surface area contributed by atoms with Crippen LogP contribution in [0.5, 0.6) is 0 Å². The lowest BCUT2D eigenvalue weighted by atomic mass is 10.1. The fraction of sp³-hybridized carbons (Fsp3) is 0.667. The number of rotatable bonds is 1. The highest BCUT2D eigenvalue weighted by atomic mass is 32.2. The molecular formula is C12H17N3OS. The zero-order chi connectivity index (χ0) is 12.2. The predicted molar refractivity (Wildman–Crippen MR) is 68.4 cm³/mol. The van der Waals surface area contributed by atoms with Gasteiger partial charge in [-0.2, -0.15) is 16.9 Å². The van der Waals surface area contributed by atoms with Crippen LogP contribution in [0.15, 0.2) is 0 Å². The molecule has 0 radical (unpaired) electrons. The van der Waals surface area contributed by atoms with Crippen molar-refractivity contribution in [2.24, 2.45) is 7.05 Å². The zero-order valence-corrected chi connectivity index (χ0v) is 11.3. The molecule has 0 aliphatic carbocycles. The second-order valence-corrected chi connectivity index (χ2v) is 6.31. The molecule has 2 aliphatic heterocycles. The molecule has 17 heavy (non-hydrogen) atoms. The monoisotopic (exact) mass is 251 g/mol. The number of aryl methyl sites for hydroxylation is 2. The molecule has 1 aromatic heterocycles. The minimum absolute atomic E-state index is 0.181. The molecule has 5 heteroatoms. The average molecular weight is 251 g/mol. The van der Waals surface area contributed by atoms with E-state index in [-0.39, 0.29) is 5.91 Å². The van der Waals surface area contributed by atoms with E-state index < -0.39 is 0 Å². The van der Waals surface area contributed by atoms with Crippen molar-refractivity contribution in [3.8, 4) is 0 Å². The fourth-order valence-corrected chi connectivity index (χ4v) is 4.31. The number of hydrogen-bond donors (Lipinski definition) is 0. The number of aromatic nitrogens is 2. The van der Waals surface area contributed by atoms with E-state index in [9.17, 15) is 4.79 Å². The molecule has 3 heterocycles. The summed E-state index contributed by atoms with van der Waals surface area (Å²) < 4.78 is 1.80.